The van der Waals surface area contributed by atoms with E-state index in [0.717, 1.165) is 13.1 Å². The van der Waals surface area contributed by atoms with Gasteiger partial charge >= 0.3 is 5.97 Å². The molecule has 4 nitrogen and oxygen atoms in total. The molecule has 68 valence electrons. The van der Waals surface area contributed by atoms with Crippen LogP contribution in [0.3, 0.4) is 0 Å². The summed E-state index contributed by atoms with van der Waals surface area (Å²) in [6, 6.07) is 0.408. The highest BCUT2D eigenvalue weighted by molar-refractivity contribution is 5.66. The van der Waals surface area contributed by atoms with E-state index in [0.29, 0.717) is 24.4 Å². The van der Waals surface area contributed by atoms with Gasteiger partial charge in [-0.25, -0.2) is 0 Å². The van der Waals surface area contributed by atoms with E-state index < -0.39 is 5.97 Å². The zero-order chi connectivity index (χ0) is 8.72. The van der Waals surface area contributed by atoms with Crippen LogP contribution < -0.4 is 5.73 Å². The summed E-state index contributed by atoms with van der Waals surface area (Å²) in [5, 5.41) is 8.45. The largest absolute Gasteiger partial charge is 0.481 e. The van der Waals surface area contributed by atoms with Gasteiger partial charge in [0.25, 0.3) is 0 Å². The number of piperidine rings is 1. The van der Waals surface area contributed by atoms with E-state index in [-0.39, 0.29) is 6.42 Å². The molecule has 2 atom stereocenters. The summed E-state index contributed by atoms with van der Waals surface area (Å²) >= 11 is 0. The van der Waals surface area contributed by atoms with Gasteiger partial charge in [-0.3, -0.25) is 4.79 Å². The van der Waals surface area contributed by atoms with Gasteiger partial charge in [-0.1, -0.05) is 0 Å². The minimum atomic E-state index is -0.708. The molecule has 0 aromatic rings. The number of carboxylic acid groups (broad SMARTS) is 1. The van der Waals surface area contributed by atoms with E-state index in [1.54, 1.807) is 0 Å². The molecule has 0 aromatic heterocycles. The van der Waals surface area contributed by atoms with Gasteiger partial charge in [-0.2, -0.15) is 0 Å². The van der Waals surface area contributed by atoms with Crippen molar-refractivity contribution in [3.8, 4) is 0 Å². The minimum Gasteiger partial charge on any atom is -0.481 e. The standard InChI is InChI=1S/C8H14N2O2/c9-8-5-3-10(4-6(5)8)2-1-7(11)12/h5-6,8H,1-4,9H2,(H,11,12). The summed E-state index contributed by atoms with van der Waals surface area (Å²) in [6.45, 7) is 2.72. The molecule has 1 saturated carbocycles. The minimum absolute atomic E-state index is 0.259. The predicted octanol–water partition coefficient (Wildman–Crippen LogP) is -0.650. The van der Waals surface area contributed by atoms with E-state index in [9.17, 15) is 4.79 Å². The Labute approximate surface area is 71.3 Å². The molecule has 2 fully saturated rings. The van der Waals surface area contributed by atoms with Crippen LogP contribution in [-0.4, -0.2) is 41.7 Å². The second kappa shape index (κ2) is 2.71. The quantitative estimate of drug-likeness (QED) is 0.590. The summed E-state index contributed by atoms with van der Waals surface area (Å²) in [7, 11) is 0. The number of rotatable bonds is 3. The number of likely N-dealkylation sites (tertiary alicyclic amines) is 1. The number of nitrogens with two attached hydrogens (primary N) is 1. The number of hydrogen-bond donors (Lipinski definition) is 2. The van der Waals surface area contributed by atoms with Crippen LogP contribution in [0.1, 0.15) is 6.42 Å². The van der Waals surface area contributed by atoms with Crippen molar-refractivity contribution < 1.29 is 9.90 Å². The van der Waals surface area contributed by atoms with E-state index in [2.05, 4.69) is 4.90 Å². The smallest absolute Gasteiger partial charge is 0.304 e. The van der Waals surface area contributed by atoms with Gasteiger partial charge in [-0.05, 0) is 11.8 Å². The molecule has 0 spiro atoms. The van der Waals surface area contributed by atoms with Crippen molar-refractivity contribution in [2.45, 2.75) is 12.5 Å². The van der Waals surface area contributed by atoms with Crippen molar-refractivity contribution in [1.29, 1.82) is 0 Å². The normalized spacial score (nSPS) is 39.6. The fourth-order valence-corrected chi connectivity index (χ4v) is 2.10. The highest BCUT2D eigenvalue weighted by Gasteiger charge is 2.53. The average molecular weight is 170 g/mol. The molecule has 2 unspecified atom stereocenters. The Morgan fingerprint density at radius 2 is 2.08 bits per heavy atom. The maximum atomic E-state index is 10.3. The summed E-state index contributed by atoms with van der Waals surface area (Å²) < 4.78 is 0. The van der Waals surface area contributed by atoms with Gasteiger partial charge in [0.05, 0.1) is 6.42 Å². The molecule has 1 aliphatic heterocycles. The molecule has 0 bridgehead atoms. The topological polar surface area (TPSA) is 66.6 Å². The lowest BCUT2D eigenvalue weighted by Crippen LogP contribution is -2.30. The van der Waals surface area contributed by atoms with Gasteiger partial charge in [0.2, 0.25) is 0 Å². The zero-order valence-corrected chi connectivity index (χ0v) is 6.94. The van der Waals surface area contributed by atoms with Crippen molar-refractivity contribution in [2.24, 2.45) is 17.6 Å². The average Bonchev–Trinajstić information content (AvgIpc) is 2.52. The van der Waals surface area contributed by atoms with Gasteiger partial charge in [0.1, 0.15) is 0 Å². The lowest BCUT2D eigenvalue weighted by molar-refractivity contribution is -0.137. The van der Waals surface area contributed by atoms with Gasteiger partial charge in [0.15, 0.2) is 0 Å². The molecular weight excluding hydrogens is 156 g/mol. The van der Waals surface area contributed by atoms with Crippen LogP contribution in [0.5, 0.6) is 0 Å². The van der Waals surface area contributed by atoms with Gasteiger partial charge in [0, 0.05) is 25.7 Å². The second-order valence-electron chi connectivity index (χ2n) is 3.81. The molecule has 0 aromatic carbocycles. The Kier molecular flexibility index (Phi) is 1.81. The molecular formula is C8H14N2O2. The van der Waals surface area contributed by atoms with Crippen molar-refractivity contribution >= 4 is 5.97 Å². The summed E-state index contributed by atoms with van der Waals surface area (Å²) in [6.07, 6.45) is 0.259. The molecule has 1 heterocycles. The Bertz CT molecular complexity index is 195. The van der Waals surface area contributed by atoms with E-state index in [1.807, 2.05) is 0 Å². The Hall–Kier alpha value is -0.610. The molecule has 12 heavy (non-hydrogen) atoms. The fraction of sp³-hybridized carbons (Fsp3) is 0.875. The first-order valence-electron chi connectivity index (χ1n) is 4.38. The van der Waals surface area contributed by atoms with Crippen molar-refractivity contribution in [3.63, 3.8) is 0 Å². The molecule has 1 aliphatic carbocycles. The van der Waals surface area contributed by atoms with Crippen LogP contribution in [0, 0.1) is 11.8 Å². The number of fused-ring (bicyclic) bond motifs is 1. The second-order valence-corrected chi connectivity index (χ2v) is 3.81. The Morgan fingerprint density at radius 1 is 1.50 bits per heavy atom. The highest BCUT2D eigenvalue weighted by Crippen LogP contribution is 2.43. The molecule has 0 amide bonds. The molecule has 2 rings (SSSR count). The first kappa shape index (κ1) is 8.01. The van der Waals surface area contributed by atoms with Crippen LogP contribution in [-0.2, 0) is 4.79 Å². The molecule has 2 aliphatic rings. The molecule has 0 radical (unpaired) electrons. The van der Waals surface area contributed by atoms with E-state index >= 15 is 0 Å². The monoisotopic (exact) mass is 170 g/mol. The third-order valence-electron chi connectivity index (χ3n) is 2.98. The summed E-state index contributed by atoms with van der Waals surface area (Å²) in [4.78, 5) is 12.5. The van der Waals surface area contributed by atoms with Gasteiger partial charge in [-0.15, -0.1) is 0 Å². The third-order valence-corrected chi connectivity index (χ3v) is 2.98. The van der Waals surface area contributed by atoms with E-state index in [4.69, 9.17) is 10.8 Å². The molecule has 1 saturated heterocycles. The Morgan fingerprint density at radius 3 is 2.58 bits per heavy atom. The van der Waals surface area contributed by atoms with E-state index in [1.165, 1.54) is 0 Å². The number of nitrogens with zero attached hydrogens (tertiary/aromatic N) is 1. The van der Waals surface area contributed by atoms with Crippen molar-refractivity contribution in [1.82, 2.24) is 4.90 Å². The number of hydrogen-bond acceptors (Lipinski definition) is 3. The van der Waals surface area contributed by atoms with Crippen molar-refractivity contribution in [2.75, 3.05) is 19.6 Å². The maximum absolute atomic E-state index is 10.3. The summed E-state index contributed by atoms with van der Waals surface area (Å²) in [5.41, 5.74) is 5.75. The maximum Gasteiger partial charge on any atom is 0.304 e. The highest BCUT2D eigenvalue weighted by atomic mass is 16.4. The van der Waals surface area contributed by atoms with Crippen LogP contribution in [0.25, 0.3) is 0 Å². The van der Waals surface area contributed by atoms with Crippen LogP contribution in [0.2, 0.25) is 0 Å². The first-order chi connectivity index (χ1) is 5.68. The lowest BCUT2D eigenvalue weighted by atomic mass is 10.3. The molecule has 3 N–H and O–H groups in total. The van der Waals surface area contributed by atoms with Crippen LogP contribution >= 0.6 is 0 Å². The van der Waals surface area contributed by atoms with Crippen molar-refractivity contribution in [3.05, 3.63) is 0 Å². The summed E-state index contributed by atoms with van der Waals surface area (Å²) in [5.74, 6) is 0.623. The van der Waals surface area contributed by atoms with Gasteiger partial charge < -0.3 is 15.7 Å². The Balaban J connectivity index is 1.70. The van der Waals surface area contributed by atoms with Crippen LogP contribution in [0.15, 0.2) is 0 Å². The molecule has 4 heteroatoms. The fourth-order valence-electron chi connectivity index (χ4n) is 2.10. The first-order valence-corrected chi connectivity index (χ1v) is 4.38. The lowest BCUT2D eigenvalue weighted by Gasteiger charge is -2.16. The number of carboxylic acids is 1. The SMILES string of the molecule is NC1C2CN(CCC(=O)O)CC12. The predicted molar refractivity (Wildman–Crippen MR) is 43.6 cm³/mol. The number of carbonyl (C=O) groups is 1. The number of aliphatic carboxylic acids is 1. The third kappa shape index (κ3) is 1.32. The zero-order valence-electron chi connectivity index (χ0n) is 6.94. The van der Waals surface area contributed by atoms with Crippen LogP contribution in [0.4, 0.5) is 0 Å².